The third kappa shape index (κ3) is 2.94. The predicted octanol–water partition coefficient (Wildman–Crippen LogP) is 2.47. The molecule has 21 heavy (non-hydrogen) atoms. The first-order chi connectivity index (χ1) is 10.2. The van der Waals surface area contributed by atoms with Crippen molar-refractivity contribution in [1.29, 1.82) is 0 Å². The number of cyclic esters (lactones) is 1. The zero-order valence-electron chi connectivity index (χ0n) is 11.4. The van der Waals surface area contributed by atoms with Gasteiger partial charge in [0.25, 0.3) is 5.91 Å². The Bertz CT molecular complexity index is 640. The molecule has 1 saturated heterocycles. The maximum absolute atomic E-state index is 12.1. The van der Waals surface area contributed by atoms with Crippen molar-refractivity contribution in [2.45, 2.75) is 18.6 Å². The second-order valence-electron chi connectivity index (χ2n) is 4.96. The van der Waals surface area contributed by atoms with Crippen LogP contribution in [0, 0.1) is 0 Å². The van der Waals surface area contributed by atoms with Crippen molar-refractivity contribution in [3.05, 3.63) is 71.8 Å². The molecule has 0 spiro atoms. The maximum Gasteiger partial charge on any atom is 0.329 e. The summed E-state index contributed by atoms with van der Waals surface area (Å²) in [4.78, 5) is 24.0. The molecule has 1 fully saturated rings. The van der Waals surface area contributed by atoms with Gasteiger partial charge in [-0.25, -0.2) is 4.79 Å². The minimum Gasteiger partial charge on any atom is -0.456 e. The average Bonchev–Trinajstić information content (AvgIpc) is 2.90. The van der Waals surface area contributed by atoms with Gasteiger partial charge in [-0.2, -0.15) is 0 Å². The smallest absolute Gasteiger partial charge is 0.329 e. The van der Waals surface area contributed by atoms with Crippen molar-refractivity contribution in [1.82, 2.24) is 5.32 Å². The first-order valence-electron chi connectivity index (χ1n) is 6.85. The topological polar surface area (TPSA) is 55.4 Å². The number of amides is 1. The highest BCUT2D eigenvalue weighted by Crippen LogP contribution is 2.29. The summed E-state index contributed by atoms with van der Waals surface area (Å²) in [6, 6.07) is 17.8. The van der Waals surface area contributed by atoms with Crippen LogP contribution in [0.15, 0.2) is 60.7 Å². The molecular formula is C17H15NO3. The summed E-state index contributed by atoms with van der Waals surface area (Å²) in [6.45, 7) is 0. The lowest BCUT2D eigenvalue weighted by molar-refractivity contribution is -0.143. The molecule has 1 aliphatic heterocycles. The van der Waals surface area contributed by atoms with Gasteiger partial charge in [-0.1, -0.05) is 48.5 Å². The molecule has 1 aliphatic rings. The van der Waals surface area contributed by atoms with Gasteiger partial charge >= 0.3 is 5.97 Å². The molecule has 0 aromatic heterocycles. The van der Waals surface area contributed by atoms with Gasteiger partial charge in [0.2, 0.25) is 0 Å². The van der Waals surface area contributed by atoms with E-state index < -0.39 is 6.04 Å². The number of carbonyl (C=O) groups excluding carboxylic acids is 2. The Kier molecular flexibility index (Phi) is 3.69. The quantitative estimate of drug-likeness (QED) is 0.879. The highest BCUT2D eigenvalue weighted by molar-refractivity contribution is 5.97. The van der Waals surface area contributed by atoms with Crippen LogP contribution in [-0.2, 0) is 9.53 Å². The van der Waals surface area contributed by atoms with Crippen LogP contribution in [0.2, 0.25) is 0 Å². The monoisotopic (exact) mass is 281 g/mol. The Hall–Kier alpha value is -2.62. The minimum atomic E-state index is -0.595. The second kappa shape index (κ2) is 5.79. The molecule has 0 bridgehead atoms. The molecule has 3 rings (SSSR count). The van der Waals surface area contributed by atoms with Gasteiger partial charge in [0.1, 0.15) is 12.1 Å². The first-order valence-corrected chi connectivity index (χ1v) is 6.85. The van der Waals surface area contributed by atoms with Crippen molar-refractivity contribution in [3.8, 4) is 0 Å². The van der Waals surface area contributed by atoms with E-state index in [1.807, 2.05) is 36.4 Å². The summed E-state index contributed by atoms with van der Waals surface area (Å²) in [5.41, 5.74) is 1.48. The fourth-order valence-corrected chi connectivity index (χ4v) is 2.40. The summed E-state index contributed by atoms with van der Waals surface area (Å²) in [6.07, 6.45) is 0.168. The highest BCUT2D eigenvalue weighted by atomic mass is 16.6. The van der Waals surface area contributed by atoms with E-state index in [0.29, 0.717) is 12.0 Å². The second-order valence-corrected chi connectivity index (χ2v) is 4.96. The Balaban J connectivity index is 1.67. The van der Waals surface area contributed by atoms with Crippen LogP contribution in [0.1, 0.15) is 28.4 Å². The fraction of sp³-hybridized carbons (Fsp3) is 0.176. The van der Waals surface area contributed by atoms with E-state index in [9.17, 15) is 9.59 Å². The third-order valence-corrected chi connectivity index (χ3v) is 3.51. The van der Waals surface area contributed by atoms with E-state index in [1.165, 1.54) is 0 Å². The van der Waals surface area contributed by atoms with Gasteiger partial charge in [0, 0.05) is 12.0 Å². The lowest BCUT2D eigenvalue weighted by Gasteiger charge is -2.09. The van der Waals surface area contributed by atoms with Crippen molar-refractivity contribution in [3.63, 3.8) is 0 Å². The van der Waals surface area contributed by atoms with E-state index in [-0.39, 0.29) is 18.0 Å². The lowest BCUT2D eigenvalue weighted by Crippen LogP contribution is -2.37. The van der Waals surface area contributed by atoms with Gasteiger partial charge in [0.15, 0.2) is 0 Å². The number of ether oxygens (including phenoxy) is 1. The largest absolute Gasteiger partial charge is 0.456 e. The molecule has 1 N–H and O–H groups in total. The van der Waals surface area contributed by atoms with Gasteiger partial charge in [-0.15, -0.1) is 0 Å². The number of hydrogen-bond acceptors (Lipinski definition) is 3. The predicted molar refractivity (Wildman–Crippen MR) is 77.6 cm³/mol. The van der Waals surface area contributed by atoms with Crippen LogP contribution in [0.25, 0.3) is 0 Å². The van der Waals surface area contributed by atoms with Crippen molar-refractivity contribution < 1.29 is 14.3 Å². The molecule has 4 nitrogen and oxygen atoms in total. The normalized spacial score (nSPS) is 20.9. The molecule has 0 unspecified atom stereocenters. The SMILES string of the molecule is O=C(N[C@@H]1C[C@H](c2ccccc2)OC1=O)c1ccccc1. The van der Waals surface area contributed by atoms with Gasteiger partial charge in [-0.3, -0.25) is 4.79 Å². The molecule has 0 saturated carbocycles. The standard InChI is InChI=1S/C17H15NO3/c19-16(13-9-5-2-6-10-13)18-14-11-15(21-17(14)20)12-7-3-1-4-8-12/h1-10,14-15H,11H2,(H,18,19)/t14-,15-/m1/s1. The maximum atomic E-state index is 12.1. The number of benzene rings is 2. The summed E-state index contributed by atoms with van der Waals surface area (Å²) in [7, 11) is 0. The Morgan fingerprint density at radius 1 is 1.00 bits per heavy atom. The van der Waals surface area contributed by atoms with Crippen molar-refractivity contribution >= 4 is 11.9 Å². The molecule has 1 heterocycles. The number of hydrogen-bond donors (Lipinski definition) is 1. The lowest BCUT2D eigenvalue weighted by atomic mass is 10.0. The summed E-state index contributed by atoms with van der Waals surface area (Å²) in [5, 5.41) is 2.73. The Morgan fingerprint density at radius 2 is 1.62 bits per heavy atom. The molecule has 0 aliphatic carbocycles. The number of nitrogens with one attached hydrogen (secondary N) is 1. The molecular weight excluding hydrogens is 266 g/mol. The average molecular weight is 281 g/mol. The zero-order chi connectivity index (χ0) is 14.7. The van der Waals surface area contributed by atoms with Crippen LogP contribution in [0.3, 0.4) is 0 Å². The number of carbonyl (C=O) groups is 2. The molecule has 2 atom stereocenters. The van der Waals surface area contributed by atoms with E-state index in [0.717, 1.165) is 5.56 Å². The molecule has 1 amide bonds. The summed E-state index contributed by atoms with van der Waals surface area (Å²) in [5.74, 6) is -0.639. The van der Waals surface area contributed by atoms with Crippen LogP contribution in [0.5, 0.6) is 0 Å². The van der Waals surface area contributed by atoms with Crippen molar-refractivity contribution in [2.24, 2.45) is 0 Å². The molecule has 2 aromatic rings. The highest BCUT2D eigenvalue weighted by Gasteiger charge is 2.36. The van der Waals surface area contributed by atoms with Crippen LogP contribution in [0.4, 0.5) is 0 Å². The third-order valence-electron chi connectivity index (χ3n) is 3.51. The van der Waals surface area contributed by atoms with E-state index >= 15 is 0 Å². The van der Waals surface area contributed by atoms with Crippen LogP contribution < -0.4 is 5.32 Å². The summed E-state index contributed by atoms with van der Waals surface area (Å²) >= 11 is 0. The fourth-order valence-electron chi connectivity index (χ4n) is 2.40. The molecule has 4 heteroatoms. The molecule has 106 valence electrons. The molecule has 0 radical (unpaired) electrons. The van der Waals surface area contributed by atoms with Crippen molar-refractivity contribution in [2.75, 3.05) is 0 Å². The first kappa shape index (κ1) is 13.4. The Morgan fingerprint density at radius 3 is 2.29 bits per heavy atom. The van der Waals surface area contributed by atoms with E-state index in [4.69, 9.17) is 4.74 Å². The number of rotatable bonds is 3. The summed E-state index contributed by atoms with van der Waals surface area (Å²) < 4.78 is 5.34. The van der Waals surface area contributed by atoms with Gasteiger partial charge in [0.05, 0.1) is 0 Å². The number of esters is 1. The van der Waals surface area contributed by atoms with E-state index in [1.54, 1.807) is 24.3 Å². The van der Waals surface area contributed by atoms with E-state index in [2.05, 4.69) is 5.32 Å². The van der Waals surface area contributed by atoms with Gasteiger partial charge < -0.3 is 10.1 Å². The van der Waals surface area contributed by atoms with Crippen LogP contribution >= 0.6 is 0 Å². The minimum absolute atomic E-state index is 0.258. The van der Waals surface area contributed by atoms with Gasteiger partial charge in [-0.05, 0) is 17.7 Å². The zero-order valence-corrected chi connectivity index (χ0v) is 11.4. The van der Waals surface area contributed by atoms with Crippen LogP contribution in [-0.4, -0.2) is 17.9 Å². The Labute approximate surface area is 122 Å². The molecule has 2 aromatic carbocycles.